The summed E-state index contributed by atoms with van der Waals surface area (Å²) in [6.07, 6.45) is 3.74. The molecular formula is C32H46ClN4O5P. The van der Waals surface area contributed by atoms with Crippen LogP contribution in [0.1, 0.15) is 52.7 Å². The molecular weight excluding hydrogens is 587 g/mol. The molecule has 3 rings (SSSR count). The van der Waals surface area contributed by atoms with Crippen LogP contribution in [0, 0.1) is 0 Å². The molecule has 0 bridgehead atoms. The van der Waals surface area contributed by atoms with Crippen LogP contribution >= 0.6 is 18.0 Å². The van der Waals surface area contributed by atoms with E-state index in [1.165, 1.54) is 0 Å². The van der Waals surface area contributed by atoms with Crippen LogP contribution in [0.2, 0.25) is 0 Å². The summed E-state index contributed by atoms with van der Waals surface area (Å²) in [7, 11) is 0. The van der Waals surface area contributed by atoms with E-state index in [4.69, 9.17) is 20.7 Å². The Balaban J connectivity index is 1.82. The molecule has 2 aromatic rings. The number of halogens is 1. The minimum atomic E-state index is -3.64. The van der Waals surface area contributed by atoms with Gasteiger partial charge in [-0.15, -0.1) is 0 Å². The summed E-state index contributed by atoms with van der Waals surface area (Å²) >= 11 is 6.97. The number of hydrogen-bond donors (Lipinski definition) is 2. The van der Waals surface area contributed by atoms with E-state index in [0.717, 1.165) is 11.1 Å². The molecule has 11 heteroatoms. The summed E-state index contributed by atoms with van der Waals surface area (Å²) in [5.74, 6) is 0. The quantitative estimate of drug-likeness (QED) is 0.220. The fourth-order valence-electron chi connectivity index (χ4n) is 4.70. The van der Waals surface area contributed by atoms with E-state index < -0.39 is 42.3 Å². The van der Waals surface area contributed by atoms with Gasteiger partial charge in [0.1, 0.15) is 11.2 Å². The van der Waals surface area contributed by atoms with E-state index in [2.05, 4.69) is 10.6 Å². The Kier molecular flexibility index (Phi) is 12.3. The van der Waals surface area contributed by atoms with Crippen LogP contribution in [0.5, 0.6) is 0 Å². The van der Waals surface area contributed by atoms with Gasteiger partial charge in [-0.05, 0) is 76.8 Å². The van der Waals surface area contributed by atoms with Gasteiger partial charge in [-0.2, -0.15) is 0 Å². The van der Waals surface area contributed by atoms with Crippen molar-refractivity contribution >= 4 is 30.2 Å². The number of amides is 2. The number of carbonyl (C=O) groups excluding carboxylic acids is 2. The third kappa shape index (κ3) is 12.4. The van der Waals surface area contributed by atoms with Gasteiger partial charge >= 0.3 is 19.0 Å². The number of nitrogens with zero attached hydrogens (tertiary/aromatic N) is 2. The van der Waals surface area contributed by atoms with Crippen molar-refractivity contribution in [2.75, 3.05) is 26.2 Å². The summed E-state index contributed by atoms with van der Waals surface area (Å²) < 4.78 is 28.9. The summed E-state index contributed by atoms with van der Waals surface area (Å²) in [5.41, 5.74) is 0.694. The van der Waals surface area contributed by atoms with Gasteiger partial charge in [0.2, 0.25) is 0 Å². The monoisotopic (exact) mass is 632 g/mol. The first-order valence-electron chi connectivity index (χ1n) is 14.6. The molecule has 0 fully saturated rings. The molecule has 1 aliphatic heterocycles. The fraction of sp³-hybridized carbons (Fsp3) is 0.500. The molecule has 0 saturated heterocycles. The van der Waals surface area contributed by atoms with E-state index >= 15 is 0 Å². The van der Waals surface area contributed by atoms with E-state index in [1.807, 2.05) is 72.8 Å². The van der Waals surface area contributed by atoms with Gasteiger partial charge < -0.3 is 20.1 Å². The van der Waals surface area contributed by atoms with E-state index in [1.54, 1.807) is 50.9 Å². The largest absolute Gasteiger partial charge is 0.444 e. The van der Waals surface area contributed by atoms with Crippen LogP contribution in [-0.2, 0) is 26.9 Å². The zero-order valence-corrected chi connectivity index (χ0v) is 27.7. The second kappa shape index (κ2) is 15.2. The van der Waals surface area contributed by atoms with Crippen LogP contribution < -0.4 is 10.6 Å². The maximum atomic E-state index is 14.4. The third-order valence-corrected chi connectivity index (χ3v) is 9.78. The predicted molar refractivity (Wildman–Crippen MR) is 172 cm³/mol. The highest BCUT2D eigenvalue weighted by atomic mass is 35.7. The van der Waals surface area contributed by atoms with E-state index in [9.17, 15) is 14.2 Å². The Morgan fingerprint density at radius 3 is 1.42 bits per heavy atom. The van der Waals surface area contributed by atoms with Crippen LogP contribution in [0.4, 0.5) is 9.59 Å². The molecule has 3 atom stereocenters. The molecule has 0 saturated carbocycles. The van der Waals surface area contributed by atoms with Crippen molar-refractivity contribution in [3.05, 3.63) is 83.9 Å². The summed E-state index contributed by atoms with van der Waals surface area (Å²) in [4.78, 5) is 25.6. The van der Waals surface area contributed by atoms with Crippen molar-refractivity contribution < 1.29 is 23.6 Å². The Labute approximate surface area is 261 Å². The van der Waals surface area contributed by atoms with Gasteiger partial charge in [0.05, 0.1) is 0 Å². The molecule has 0 aliphatic carbocycles. The van der Waals surface area contributed by atoms with Crippen molar-refractivity contribution in [1.82, 2.24) is 20.0 Å². The average Bonchev–Trinajstić information content (AvgIpc) is 3.01. The minimum absolute atomic E-state index is 0.221. The summed E-state index contributed by atoms with van der Waals surface area (Å²) in [5, 5.41) is 5.93. The van der Waals surface area contributed by atoms with Crippen molar-refractivity contribution in [3.8, 4) is 0 Å². The van der Waals surface area contributed by atoms with Gasteiger partial charge in [0.25, 0.3) is 0 Å². The highest BCUT2D eigenvalue weighted by Crippen LogP contribution is 2.58. The van der Waals surface area contributed by atoms with E-state index in [0.29, 0.717) is 25.9 Å². The molecule has 1 heterocycles. The van der Waals surface area contributed by atoms with E-state index in [-0.39, 0.29) is 13.1 Å². The first-order chi connectivity index (χ1) is 20.1. The zero-order chi connectivity index (χ0) is 31.7. The molecule has 1 aliphatic rings. The van der Waals surface area contributed by atoms with Gasteiger partial charge in [0.15, 0.2) is 0 Å². The Morgan fingerprint density at radius 1 is 0.744 bits per heavy atom. The normalized spacial score (nSPS) is 19.6. The fourth-order valence-corrected chi connectivity index (χ4v) is 7.19. The lowest BCUT2D eigenvalue weighted by molar-refractivity contribution is 0.0489. The molecule has 9 nitrogen and oxygen atoms in total. The molecule has 0 radical (unpaired) electrons. The Morgan fingerprint density at radius 2 is 1.09 bits per heavy atom. The highest BCUT2D eigenvalue weighted by Gasteiger charge is 2.39. The first-order valence-corrected chi connectivity index (χ1v) is 17.1. The topological polar surface area (TPSA) is 100 Å². The lowest BCUT2D eigenvalue weighted by Gasteiger charge is -2.36. The lowest BCUT2D eigenvalue weighted by atomic mass is 10.1. The van der Waals surface area contributed by atoms with Crippen molar-refractivity contribution in [1.29, 1.82) is 0 Å². The maximum Gasteiger partial charge on any atom is 0.407 e. The zero-order valence-electron chi connectivity index (χ0n) is 26.1. The second-order valence-corrected chi connectivity index (χ2v) is 16.2. The van der Waals surface area contributed by atoms with Crippen molar-refractivity contribution in [2.45, 2.75) is 77.7 Å². The number of nitrogens with one attached hydrogen (secondary N) is 2. The molecule has 2 amide bonds. The SMILES string of the molecule is CC(C)(C)OC(=O)N[C@H](Cc1ccccc1)CN1CC=CCN(C[C@H](Cc2ccccc2)NC(=O)OC(C)(C)C)P1(=O)Cl. The molecule has 0 aromatic heterocycles. The maximum absolute atomic E-state index is 14.4. The number of rotatable bonds is 10. The Hall–Kier alpha value is -2.84. The van der Waals surface area contributed by atoms with Crippen molar-refractivity contribution in [2.24, 2.45) is 0 Å². The van der Waals surface area contributed by atoms with Crippen LogP contribution in [0.15, 0.2) is 72.8 Å². The molecule has 43 heavy (non-hydrogen) atoms. The number of benzene rings is 2. The number of alkyl carbamates (subject to hydrolysis) is 2. The van der Waals surface area contributed by atoms with Crippen LogP contribution in [0.3, 0.4) is 0 Å². The van der Waals surface area contributed by atoms with Gasteiger partial charge in [-0.25, -0.2) is 18.9 Å². The number of carbonyl (C=O) groups is 2. The molecule has 236 valence electrons. The standard InChI is InChI=1S/C32H46ClN4O5P/c1-31(2,3)41-29(38)34-27(21-25-15-9-7-10-16-25)23-36-19-13-14-20-37(43(36,33)40)24-28(22-26-17-11-8-12-18-26)35-30(39)42-32(4,5)6/h7-18,27-28H,19-24H2,1-6H3,(H,34,38)(H,35,39)/t27-,28+,43?. The molecule has 0 spiro atoms. The molecule has 2 aromatic carbocycles. The van der Waals surface area contributed by atoms with Crippen molar-refractivity contribution in [3.63, 3.8) is 0 Å². The average molecular weight is 633 g/mol. The first kappa shape index (κ1) is 34.6. The van der Waals surface area contributed by atoms with Gasteiger partial charge in [-0.3, -0.25) is 4.57 Å². The summed E-state index contributed by atoms with van der Waals surface area (Å²) in [6, 6.07) is 18.7. The van der Waals surface area contributed by atoms with Crippen LogP contribution in [-0.4, -0.2) is 71.0 Å². The predicted octanol–water partition coefficient (Wildman–Crippen LogP) is 6.78. The Bertz CT molecular complexity index is 1170. The summed E-state index contributed by atoms with van der Waals surface area (Å²) in [6.45, 7) is 8.30. The van der Waals surface area contributed by atoms with Gasteiger partial charge in [0, 0.05) is 38.3 Å². The molecule has 2 N–H and O–H groups in total. The van der Waals surface area contributed by atoms with Crippen LogP contribution in [0.25, 0.3) is 0 Å². The van der Waals surface area contributed by atoms with Gasteiger partial charge in [-0.1, -0.05) is 72.8 Å². The molecule has 1 unspecified atom stereocenters. The smallest absolute Gasteiger partial charge is 0.407 e. The highest BCUT2D eigenvalue weighted by molar-refractivity contribution is 7.85. The second-order valence-electron chi connectivity index (χ2n) is 12.8. The number of ether oxygens (including phenoxy) is 2. The third-order valence-electron chi connectivity index (χ3n) is 6.45. The minimum Gasteiger partial charge on any atom is -0.444 e. The number of hydrogen-bond acceptors (Lipinski definition) is 5. The lowest BCUT2D eigenvalue weighted by Crippen LogP contribution is -2.48.